The van der Waals surface area contributed by atoms with E-state index in [1.807, 2.05) is 13.0 Å². The molecule has 0 amide bonds. The molecule has 0 saturated carbocycles. The van der Waals surface area contributed by atoms with Crippen molar-refractivity contribution in [2.75, 3.05) is 0 Å². The van der Waals surface area contributed by atoms with Gasteiger partial charge in [-0.3, -0.25) is 0 Å². The third-order valence-electron chi connectivity index (χ3n) is 2.22. The van der Waals surface area contributed by atoms with Crippen LogP contribution >= 0.6 is 0 Å². The van der Waals surface area contributed by atoms with Crippen molar-refractivity contribution in [2.24, 2.45) is 5.73 Å². The monoisotopic (exact) mass is 205 g/mol. The summed E-state index contributed by atoms with van der Waals surface area (Å²) in [5.41, 5.74) is 8.16. The first-order chi connectivity index (χ1) is 7.20. The van der Waals surface area contributed by atoms with Gasteiger partial charge in [0.25, 0.3) is 0 Å². The minimum absolute atomic E-state index is 0.248. The molecule has 1 aromatic heterocycles. The van der Waals surface area contributed by atoms with Crippen molar-refractivity contribution in [2.45, 2.75) is 13.5 Å². The predicted molar refractivity (Wildman–Crippen MR) is 56.2 cm³/mol. The predicted octanol–water partition coefficient (Wildman–Crippen LogP) is 1.78. The van der Waals surface area contributed by atoms with Crippen molar-refractivity contribution >= 4 is 0 Å². The van der Waals surface area contributed by atoms with Crippen molar-refractivity contribution in [3.63, 3.8) is 0 Å². The van der Waals surface area contributed by atoms with Crippen LogP contribution in [0.5, 0.6) is 0 Å². The Bertz CT molecular complexity index is 459. The first kappa shape index (κ1) is 9.86. The van der Waals surface area contributed by atoms with Crippen molar-refractivity contribution in [1.82, 2.24) is 9.78 Å². The van der Waals surface area contributed by atoms with Crippen LogP contribution in [0.2, 0.25) is 0 Å². The summed E-state index contributed by atoms with van der Waals surface area (Å²) in [4.78, 5) is 0. The Morgan fingerprint density at radius 1 is 1.33 bits per heavy atom. The molecule has 0 aliphatic heterocycles. The Morgan fingerprint density at radius 3 is 2.53 bits per heavy atom. The molecular weight excluding hydrogens is 193 g/mol. The summed E-state index contributed by atoms with van der Waals surface area (Å²) < 4.78 is 14.5. The molecule has 2 rings (SSSR count). The topological polar surface area (TPSA) is 43.8 Å². The first-order valence-corrected chi connectivity index (χ1v) is 4.72. The van der Waals surface area contributed by atoms with Crippen LogP contribution in [0.15, 0.2) is 30.3 Å². The molecule has 15 heavy (non-hydrogen) atoms. The van der Waals surface area contributed by atoms with Crippen molar-refractivity contribution < 1.29 is 4.39 Å². The molecule has 0 radical (unpaired) electrons. The molecule has 78 valence electrons. The van der Waals surface area contributed by atoms with E-state index in [4.69, 9.17) is 5.73 Å². The Labute approximate surface area is 87.3 Å². The number of nitrogens with zero attached hydrogens (tertiary/aromatic N) is 2. The van der Waals surface area contributed by atoms with Gasteiger partial charge >= 0.3 is 0 Å². The lowest BCUT2D eigenvalue weighted by molar-refractivity contribution is 0.626. The Hall–Kier alpha value is -1.68. The fraction of sp³-hybridized carbons (Fsp3) is 0.182. The van der Waals surface area contributed by atoms with Gasteiger partial charge in [-0.05, 0) is 37.3 Å². The Balaban J connectivity index is 2.44. The third kappa shape index (κ3) is 1.89. The number of hydrogen-bond acceptors (Lipinski definition) is 2. The van der Waals surface area contributed by atoms with Gasteiger partial charge in [0, 0.05) is 12.2 Å². The lowest BCUT2D eigenvalue weighted by Gasteiger charge is -2.03. The van der Waals surface area contributed by atoms with E-state index < -0.39 is 0 Å². The van der Waals surface area contributed by atoms with Crippen LogP contribution in [-0.4, -0.2) is 9.78 Å². The third-order valence-corrected chi connectivity index (χ3v) is 2.22. The van der Waals surface area contributed by atoms with Crippen LogP contribution in [0.4, 0.5) is 4.39 Å². The van der Waals surface area contributed by atoms with E-state index >= 15 is 0 Å². The molecule has 1 aromatic carbocycles. The van der Waals surface area contributed by atoms with Gasteiger partial charge in [-0.15, -0.1) is 0 Å². The standard InChI is InChI=1S/C11H12FN3/c1-8-6-10(7-13)14-15(8)11-4-2-9(12)3-5-11/h2-6H,7,13H2,1H3. The fourth-order valence-corrected chi connectivity index (χ4v) is 1.48. The highest BCUT2D eigenvalue weighted by Crippen LogP contribution is 2.12. The average molecular weight is 205 g/mol. The Morgan fingerprint density at radius 2 is 2.00 bits per heavy atom. The zero-order valence-electron chi connectivity index (χ0n) is 8.44. The van der Waals surface area contributed by atoms with Gasteiger partial charge < -0.3 is 5.73 Å². The SMILES string of the molecule is Cc1cc(CN)nn1-c1ccc(F)cc1. The van der Waals surface area contributed by atoms with Crippen LogP contribution < -0.4 is 5.73 Å². The smallest absolute Gasteiger partial charge is 0.123 e. The summed E-state index contributed by atoms with van der Waals surface area (Å²) in [7, 11) is 0. The number of nitrogens with two attached hydrogens (primary N) is 1. The maximum atomic E-state index is 12.7. The van der Waals surface area contributed by atoms with E-state index in [9.17, 15) is 4.39 Å². The summed E-state index contributed by atoms with van der Waals surface area (Å²) in [6, 6.07) is 8.13. The molecule has 0 saturated heterocycles. The van der Waals surface area contributed by atoms with Gasteiger partial charge in [-0.25, -0.2) is 9.07 Å². The molecule has 0 bridgehead atoms. The molecule has 2 N–H and O–H groups in total. The van der Waals surface area contributed by atoms with Gasteiger partial charge in [0.15, 0.2) is 0 Å². The maximum Gasteiger partial charge on any atom is 0.123 e. The molecule has 0 aliphatic rings. The van der Waals surface area contributed by atoms with Gasteiger partial charge in [0.1, 0.15) is 5.82 Å². The van der Waals surface area contributed by atoms with E-state index in [0.29, 0.717) is 6.54 Å². The highest BCUT2D eigenvalue weighted by atomic mass is 19.1. The molecular formula is C11H12FN3. The zero-order chi connectivity index (χ0) is 10.8. The molecule has 0 unspecified atom stereocenters. The molecule has 1 heterocycles. The molecule has 0 fully saturated rings. The summed E-state index contributed by atoms with van der Waals surface area (Å²) >= 11 is 0. The fourth-order valence-electron chi connectivity index (χ4n) is 1.48. The van der Waals surface area contributed by atoms with Gasteiger partial charge in [-0.1, -0.05) is 0 Å². The average Bonchev–Trinajstić information content (AvgIpc) is 2.61. The second-order valence-corrected chi connectivity index (χ2v) is 3.37. The molecule has 0 aliphatic carbocycles. The minimum atomic E-state index is -0.248. The molecule has 2 aromatic rings. The number of halogens is 1. The van der Waals surface area contributed by atoms with Crippen LogP contribution in [0.25, 0.3) is 5.69 Å². The van der Waals surface area contributed by atoms with E-state index in [-0.39, 0.29) is 5.82 Å². The Kier molecular flexibility index (Phi) is 2.51. The molecule has 0 atom stereocenters. The number of benzene rings is 1. The van der Waals surface area contributed by atoms with Crippen molar-refractivity contribution in [1.29, 1.82) is 0 Å². The highest BCUT2D eigenvalue weighted by Gasteiger charge is 2.04. The van der Waals surface area contributed by atoms with Crippen LogP contribution in [-0.2, 0) is 6.54 Å². The highest BCUT2D eigenvalue weighted by molar-refractivity contribution is 5.33. The number of rotatable bonds is 2. The van der Waals surface area contributed by atoms with Crippen LogP contribution in [0, 0.1) is 12.7 Å². The van der Waals surface area contributed by atoms with Gasteiger partial charge in [0.05, 0.1) is 11.4 Å². The normalized spacial score (nSPS) is 10.6. The summed E-state index contributed by atoms with van der Waals surface area (Å²) in [5.74, 6) is -0.248. The number of aryl methyl sites for hydroxylation is 1. The minimum Gasteiger partial charge on any atom is -0.325 e. The van der Waals surface area contributed by atoms with Crippen molar-refractivity contribution in [3.8, 4) is 5.69 Å². The second kappa shape index (κ2) is 3.82. The molecule has 3 nitrogen and oxygen atoms in total. The lowest BCUT2D eigenvalue weighted by atomic mass is 10.3. The van der Waals surface area contributed by atoms with E-state index in [1.54, 1.807) is 16.8 Å². The summed E-state index contributed by atoms with van der Waals surface area (Å²) in [5, 5.41) is 4.30. The number of aromatic nitrogens is 2. The molecule has 4 heteroatoms. The summed E-state index contributed by atoms with van der Waals surface area (Å²) in [6.45, 7) is 2.35. The van der Waals surface area contributed by atoms with E-state index in [2.05, 4.69) is 5.10 Å². The second-order valence-electron chi connectivity index (χ2n) is 3.37. The first-order valence-electron chi connectivity index (χ1n) is 4.72. The number of hydrogen-bond donors (Lipinski definition) is 1. The zero-order valence-corrected chi connectivity index (χ0v) is 8.44. The maximum absolute atomic E-state index is 12.7. The quantitative estimate of drug-likeness (QED) is 0.812. The van der Waals surface area contributed by atoms with Gasteiger partial charge in [0.2, 0.25) is 0 Å². The van der Waals surface area contributed by atoms with E-state index in [0.717, 1.165) is 17.1 Å². The van der Waals surface area contributed by atoms with Crippen LogP contribution in [0.1, 0.15) is 11.4 Å². The molecule has 0 spiro atoms. The lowest BCUT2D eigenvalue weighted by Crippen LogP contribution is -2.01. The van der Waals surface area contributed by atoms with Gasteiger partial charge in [-0.2, -0.15) is 5.10 Å². The van der Waals surface area contributed by atoms with E-state index in [1.165, 1.54) is 12.1 Å². The summed E-state index contributed by atoms with van der Waals surface area (Å²) in [6.07, 6.45) is 0. The van der Waals surface area contributed by atoms with Crippen LogP contribution in [0.3, 0.4) is 0 Å². The largest absolute Gasteiger partial charge is 0.325 e. The van der Waals surface area contributed by atoms with Crippen molar-refractivity contribution in [3.05, 3.63) is 47.5 Å².